The summed E-state index contributed by atoms with van der Waals surface area (Å²) in [6, 6.07) is 0. The Morgan fingerprint density at radius 1 is 1.43 bits per heavy atom. The van der Waals surface area contributed by atoms with Gasteiger partial charge in [0, 0.05) is 26.7 Å². The van der Waals surface area contributed by atoms with E-state index in [-0.39, 0.29) is 6.10 Å². The molecule has 3 nitrogen and oxygen atoms in total. The van der Waals surface area contributed by atoms with E-state index in [9.17, 15) is 0 Å². The third-order valence-electron chi connectivity index (χ3n) is 3.48. The van der Waals surface area contributed by atoms with Crippen LogP contribution in [0.5, 0.6) is 0 Å². The van der Waals surface area contributed by atoms with E-state index >= 15 is 0 Å². The first kappa shape index (κ1) is 12.0. The zero-order valence-corrected chi connectivity index (χ0v) is 9.70. The van der Waals surface area contributed by atoms with Gasteiger partial charge in [-0.1, -0.05) is 13.8 Å². The SMILES string of the molecule is COC(CN)CN1CCC(C)C(C)C1. The average molecular weight is 200 g/mol. The van der Waals surface area contributed by atoms with Crippen LogP contribution in [0.25, 0.3) is 0 Å². The standard InChI is InChI=1S/C11H24N2O/c1-9-4-5-13(7-10(9)2)8-11(6-12)14-3/h9-11H,4-8,12H2,1-3H3. The van der Waals surface area contributed by atoms with E-state index < -0.39 is 0 Å². The van der Waals surface area contributed by atoms with Gasteiger partial charge in [-0.15, -0.1) is 0 Å². The van der Waals surface area contributed by atoms with Gasteiger partial charge in [0.05, 0.1) is 6.10 Å². The molecule has 1 rings (SSSR count). The lowest BCUT2D eigenvalue weighted by Gasteiger charge is -2.36. The molecule has 1 aliphatic heterocycles. The maximum atomic E-state index is 5.61. The van der Waals surface area contributed by atoms with Crippen LogP contribution in [0, 0.1) is 11.8 Å². The van der Waals surface area contributed by atoms with Crippen molar-refractivity contribution in [2.75, 3.05) is 33.3 Å². The highest BCUT2D eigenvalue weighted by molar-refractivity contribution is 4.77. The average Bonchev–Trinajstić information content (AvgIpc) is 2.19. The molecule has 1 aliphatic rings. The fourth-order valence-electron chi connectivity index (χ4n) is 2.05. The number of rotatable bonds is 4. The first-order chi connectivity index (χ1) is 6.67. The monoisotopic (exact) mass is 200 g/mol. The fourth-order valence-corrected chi connectivity index (χ4v) is 2.05. The van der Waals surface area contributed by atoms with Crippen LogP contribution in [0.3, 0.4) is 0 Å². The van der Waals surface area contributed by atoms with Gasteiger partial charge in [0.2, 0.25) is 0 Å². The van der Waals surface area contributed by atoms with Gasteiger partial charge in [-0.05, 0) is 24.8 Å². The summed E-state index contributed by atoms with van der Waals surface area (Å²) in [5.74, 6) is 1.67. The minimum Gasteiger partial charge on any atom is -0.379 e. The Morgan fingerprint density at radius 2 is 2.14 bits per heavy atom. The summed E-state index contributed by atoms with van der Waals surface area (Å²) in [6.07, 6.45) is 1.51. The summed E-state index contributed by atoms with van der Waals surface area (Å²) in [5, 5.41) is 0. The Kier molecular flexibility index (Phi) is 4.85. The molecule has 0 aliphatic carbocycles. The van der Waals surface area contributed by atoms with E-state index in [1.54, 1.807) is 7.11 Å². The van der Waals surface area contributed by atoms with Gasteiger partial charge in [-0.2, -0.15) is 0 Å². The van der Waals surface area contributed by atoms with Gasteiger partial charge in [0.15, 0.2) is 0 Å². The first-order valence-corrected chi connectivity index (χ1v) is 5.62. The first-order valence-electron chi connectivity index (χ1n) is 5.62. The van der Waals surface area contributed by atoms with E-state index in [1.807, 2.05) is 0 Å². The topological polar surface area (TPSA) is 38.5 Å². The second-order valence-corrected chi connectivity index (χ2v) is 4.60. The number of piperidine rings is 1. The number of nitrogens with zero attached hydrogens (tertiary/aromatic N) is 1. The van der Waals surface area contributed by atoms with E-state index in [1.165, 1.54) is 19.5 Å². The van der Waals surface area contributed by atoms with Gasteiger partial charge >= 0.3 is 0 Å². The van der Waals surface area contributed by atoms with E-state index in [4.69, 9.17) is 10.5 Å². The summed E-state index contributed by atoms with van der Waals surface area (Å²) in [5.41, 5.74) is 5.61. The molecule has 1 saturated heterocycles. The van der Waals surface area contributed by atoms with Gasteiger partial charge < -0.3 is 15.4 Å². The van der Waals surface area contributed by atoms with Crippen LogP contribution in [0.4, 0.5) is 0 Å². The van der Waals surface area contributed by atoms with Crippen LogP contribution in [-0.4, -0.2) is 44.3 Å². The van der Waals surface area contributed by atoms with E-state index in [0.29, 0.717) is 6.54 Å². The molecule has 0 bridgehead atoms. The molecule has 0 spiro atoms. The molecule has 0 amide bonds. The van der Waals surface area contributed by atoms with Crippen LogP contribution in [-0.2, 0) is 4.74 Å². The Bertz CT molecular complexity index is 159. The van der Waals surface area contributed by atoms with Crippen molar-refractivity contribution in [2.24, 2.45) is 17.6 Å². The molecule has 3 unspecified atom stereocenters. The third-order valence-corrected chi connectivity index (χ3v) is 3.48. The highest BCUT2D eigenvalue weighted by Gasteiger charge is 2.23. The largest absolute Gasteiger partial charge is 0.379 e. The lowest BCUT2D eigenvalue weighted by atomic mass is 9.88. The highest BCUT2D eigenvalue weighted by Crippen LogP contribution is 2.22. The fraction of sp³-hybridized carbons (Fsp3) is 1.00. The summed E-state index contributed by atoms with van der Waals surface area (Å²) in [4.78, 5) is 2.48. The second kappa shape index (κ2) is 5.69. The van der Waals surface area contributed by atoms with Crippen molar-refractivity contribution in [2.45, 2.75) is 26.4 Å². The second-order valence-electron chi connectivity index (χ2n) is 4.60. The predicted octanol–water partition coefficient (Wildman–Crippen LogP) is 0.938. The maximum absolute atomic E-state index is 5.61. The Hall–Kier alpha value is -0.120. The molecule has 3 atom stereocenters. The molecule has 3 heteroatoms. The highest BCUT2D eigenvalue weighted by atomic mass is 16.5. The molecular weight excluding hydrogens is 176 g/mol. The van der Waals surface area contributed by atoms with Crippen molar-refractivity contribution in [1.29, 1.82) is 0 Å². The molecule has 0 aromatic rings. The van der Waals surface area contributed by atoms with Crippen molar-refractivity contribution in [3.63, 3.8) is 0 Å². The van der Waals surface area contributed by atoms with Gasteiger partial charge in [-0.3, -0.25) is 0 Å². The van der Waals surface area contributed by atoms with Crippen molar-refractivity contribution in [1.82, 2.24) is 4.90 Å². The molecule has 0 aromatic heterocycles. The predicted molar refractivity (Wildman–Crippen MR) is 59.2 cm³/mol. The van der Waals surface area contributed by atoms with Gasteiger partial charge in [0.1, 0.15) is 0 Å². The molecule has 2 N–H and O–H groups in total. The Labute approximate surface area is 87.6 Å². The number of ether oxygens (including phenoxy) is 1. The van der Waals surface area contributed by atoms with Crippen LogP contribution in [0.2, 0.25) is 0 Å². The quantitative estimate of drug-likeness (QED) is 0.734. The number of nitrogens with two attached hydrogens (primary N) is 1. The minimum absolute atomic E-state index is 0.204. The van der Waals surface area contributed by atoms with Gasteiger partial charge in [-0.25, -0.2) is 0 Å². The maximum Gasteiger partial charge on any atom is 0.0820 e. The molecule has 0 aromatic carbocycles. The zero-order chi connectivity index (χ0) is 10.6. The Morgan fingerprint density at radius 3 is 2.64 bits per heavy atom. The number of methoxy groups -OCH3 is 1. The van der Waals surface area contributed by atoms with Gasteiger partial charge in [0.25, 0.3) is 0 Å². The molecule has 84 valence electrons. The molecular formula is C11H24N2O. The molecule has 0 radical (unpaired) electrons. The lowest BCUT2D eigenvalue weighted by molar-refractivity contribution is 0.0449. The van der Waals surface area contributed by atoms with Crippen molar-refractivity contribution in [3.8, 4) is 0 Å². The smallest absolute Gasteiger partial charge is 0.0820 e. The normalized spacial score (nSPS) is 31.7. The van der Waals surface area contributed by atoms with Crippen LogP contribution in [0.1, 0.15) is 20.3 Å². The van der Waals surface area contributed by atoms with Crippen LogP contribution in [0.15, 0.2) is 0 Å². The van der Waals surface area contributed by atoms with E-state index in [0.717, 1.165) is 18.4 Å². The summed E-state index contributed by atoms with van der Waals surface area (Å²) >= 11 is 0. The number of hydrogen-bond donors (Lipinski definition) is 1. The molecule has 1 fully saturated rings. The number of likely N-dealkylation sites (tertiary alicyclic amines) is 1. The molecule has 0 saturated carbocycles. The Balaban J connectivity index is 2.32. The summed E-state index contributed by atoms with van der Waals surface area (Å²) in [7, 11) is 1.74. The molecule has 1 heterocycles. The third kappa shape index (κ3) is 3.23. The minimum atomic E-state index is 0.204. The number of hydrogen-bond acceptors (Lipinski definition) is 3. The summed E-state index contributed by atoms with van der Waals surface area (Å²) < 4.78 is 5.30. The zero-order valence-electron chi connectivity index (χ0n) is 9.70. The molecule has 14 heavy (non-hydrogen) atoms. The van der Waals surface area contributed by atoms with Crippen LogP contribution >= 0.6 is 0 Å². The van der Waals surface area contributed by atoms with E-state index in [2.05, 4.69) is 18.7 Å². The van der Waals surface area contributed by atoms with Crippen molar-refractivity contribution in [3.05, 3.63) is 0 Å². The summed E-state index contributed by atoms with van der Waals surface area (Å²) in [6.45, 7) is 8.69. The van der Waals surface area contributed by atoms with Crippen molar-refractivity contribution < 1.29 is 4.74 Å². The van der Waals surface area contributed by atoms with Crippen molar-refractivity contribution >= 4 is 0 Å². The lowest BCUT2D eigenvalue weighted by Crippen LogP contribution is -2.44. The van der Waals surface area contributed by atoms with Crippen LogP contribution < -0.4 is 5.73 Å².